The second-order valence-corrected chi connectivity index (χ2v) is 13.4. The monoisotopic (exact) mass is 649 g/mol. The third kappa shape index (κ3) is 6.45. The molecule has 6 rings (SSSR count). The number of halogens is 3. The zero-order valence-corrected chi connectivity index (χ0v) is 26.3. The number of imidazole rings is 1. The third-order valence-corrected chi connectivity index (χ3v) is 10.0. The molecule has 3 heterocycles. The molecule has 1 unspecified atom stereocenters. The number of nitrogens with zero attached hydrogens (tertiary/aromatic N) is 5. The van der Waals surface area contributed by atoms with E-state index in [9.17, 15) is 21.6 Å². The molecule has 2 aromatic heterocycles. The van der Waals surface area contributed by atoms with E-state index in [2.05, 4.69) is 4.57 Å². The second kappa shape index (κ2) is 12.8. The number of benzene rings is 3. The molecule has 0 aliphatic carbocycles. The van der Waals surface area contributed by atoms with Crippen LogP contribution in [0.25, 0.3) is 11.0 Å². The van der Waals surface area contributed by atoms with Crippen molar-refractivity contribution in [2.24, 2.45) is 0 Å². The van der Waals surface area contributed by atoms with Crippen molar-refractivity contribution in [2.45, 2.75) is 50.9 Å². The summed E-state index contributed by atoms with van der Waals surface area (Å²) in [4.78, 5) is 11.4. The lowest BCUT2D eigenvalue weighted by molar-refractivity contribution is -0.0492. The SMILES string of the molecule is COc1ccc(Cn2c(C)nc3cnc(CN4c5ccccc5CN(S(=O)(=O)C(F)(F)F)CC4CCc4ccccc4)cc32)cc1. The number of rotatable bonds is 9. The summed E-state index contributed by atoms with van der Waals surface area (Å²) in [5.74, 6) is 1.59. The highest BCUT2D eigenvalue weighted by atomic mass is 32.2. The van der Waals surface area contributed by atoms with Crippen LogP contribution in [0.2, 0.25) is 0 Å². The van der Waals surface area contributed by atoms with Crippen molar-refractivity contribution in [3.63, 3.8) is 0 Å². The summed E-state index contributed by atoms with van der Waals surface area (Å²) >= 11 is 0. The lowest BCUT2D eigenvalue weighted by Gasteiger charge is -2.34. The molecule has 3 aromatic carbocycles. The van der Waals surface area contributed by atoms with Gasteiger partial charge in [-0.15, -0.1) is 0 Å². The average Bonchev–Trinajstić information content (AvgIpc) is 3.25. The van der Waals surface area contributed by atoms with Gasteiger partial charge in [0.2, 0.25) is 0 Å². The summed E-state index contributed by atoms with van der Waals surface area (Å²) in [5, 5.41) is 0. The Bertz CT molecular complexity index is 1930. The van der Waals surface area contributed by atoms with Gasteiger partial charge in [0.05, 0.1) is 31.1 Å². The number of hydrogen-bond acceptors (Lipinski definition) is 6. The molecule has 1 aliphatic rings. The van der Waals surface area contributed by atoms with Gasteiger partial charge >= 0.3 is 15.5 Å². The highest BCUT2D eigenvalue weighted by Crippen LogP contribution is 2.36. The van der Waals surface area contributed by atoms with Crippen LogP contribution < -0.4 is 9.64 Å². The molecule has 1 aliphatic heterocycles. The molecule has 8 nitrogen and oxygen atoms in total. The minimum absolute atomic E-state index is 0.263. The average molecular weight is 650 g/mol. The van der Waals surface area contributed by atoms with Crippen LogP contribution in [0, 0.1) is 6.92 Å². The molecular weight excluding hydrogens is 615 g/mol. The molecule has 46 heavy (non-hydrogen) atoms. The van der Waals surface area contributed by atoms with Crippen molar-refractivity contribution in [3.8, 4) is 5.75 Å². The Morgan fingerprint density at radius 2 is 1.65 bits per heavy atom. The number of sulfonamides is 1. The summed E-state index contributed by atoms with van der Waals surface area (Å²) in [5.41, 5.74) is 0.155. The molecule has 0 spiro atoms. The fourth-order valence-corrected chi connectivity index (χ4v) is 7.01. The van der Waals surface area contributed by atoms with E-state index < -0.39 is 21.6 Å². The molecule has 0 saturated carbocycles. The summed E-state index contributed by atoms with van der Waals surface area (Å²) in [6, 6.07) is 25.9. The molecule has 1 atom stereocenters. The molecule has 12 heteroatoms. The van der Waals surface area contributed by atoms with Crippen LogP contribution in [-0.4, -0.2) is 52.5 Å². The number of fused-ring (bicyclic) bond motifs is 2. The Kier molecular flexibility index (Phi) is 8.75. The van der Waals surface area contributed by atoms with E-state index in [1.54, 1.807) is 25.4 Å². The van der Waals surface area contributed by atoms with Gasteiger partial charge in [0.15, 0.2) is 0 Å². The third-order valence-electron chi connectivity index (χ3n) is 8.46. The maximum atomic E-state index is 13.9. The van der Waals surface area contributed by atoms with Crippen LogP contribution in [0.15, 0.2) is 91.1 Å². The number of anilines is 1. The molecule has 0 N–H and O–H groups in total. The number of aryl methyl sites for hydroxylation is 2. The fraction of sp³-hybridized carbons (Fsp3) is 0.294. The van der Waals surface area contributed by atoms with Gasteiger partial charge in [0.25, 0.3) is 0 Å². The topological polar surface area (TPSA) is 80.6 Å². The van der Waals surface area contributed by atoms with E-state index in [0.29, 0.717) is 40.6 Å². The Morgan fingerprint density at radius 3 is 2.37 bits per heavy atom. The predicted octanol–water partition coefficient (Wildman–Crippen LogP) is 6.47. The van der Waals surface area contributed by atoms with Gasteiger partial charge in [-0.1, -0.05) is 60.7 Å². The van der Waals surface area contributed by atoms with Gasteiger partial charge in [-0.25, -0.2) is 13.4 Å². The maximum Gasteiger partial charge on any atom is 0.511 e. The highest BCUT2D eigenvalue weighted by Gasteiger charge is 2.51. The van der Waals surface area contributed by atoms with E-state index >= 15 is 0 Å². The van der Waals surface area contributed by atoms with Crippen LogP contribution in [0.5, 0.6) is 5.75 Å². The van der Waals surface area contributed by atoms with E-state index in [4.69, 9.17) is 14.7 Å². The summed E-state index contributed by atoms with van der Waals surface area (Å²) in [7, 11) is -3.95. The zero-order valence-electron chi connectivity index (χ0n) is 25.5. The first kappa shape index (κ1) is 31.6. The standard InChI is InChI=1S/C34H34F3N5O3S/c1-24-39-31-19-38-28(18-33(31)41(24)20-26-13-16-30(45-2)17-14-26)22-42-29(15-12-25-8-4-3-5-9-25)23-40(46(43,44)34(35,36)37)21-27-10-6-7-11-32(27)42/h3-11,13-14,16-19,29H,12,15,20-23H2,1-2H3. The number of para-hydroxylation sites is 1. The molecular formula is C34H34F3N5O3S. The smallest absolute Gasteiger partial charge is 0.497 e. The van der Waals surface area contributed by atoms with Crippen molar-refractivity contribution in [3.05, 3.63) is 119 Å². The van der Waals surface area contributed by atoms with E-state index in [0.717, 1.165) is 33.7 Å². The van der Waals surface area contributed by atoms with Crippen molar-refractivity contribution in [1.29, 1.82) is 0 Å². The Hall–Kier alpha value is -4.42. The van der Waals surface area contributed by atoms with Gasteiger partial charge in [0, 0.05) is 31.4 Å². The summed E-state index contributed by atoms with van der Waals surface area (Å²) < 4.78 is 75.1. The van der Waals surface area contributed by atoms with Crippen LogP contribution in [-0.2, 0) is 36.1 Å². The molecule has 0 saturated heterocycles. The number of hydrogen-bond donors (Lipinski definition) is 0. The minimum atomic E-state index is -5.57. The van der Waals surface area contributed by atoms with Crippen LogP contribution >= 0.6 is 0 Å². The zero-order chi connectivity index (χ0) is 32.5. The first-order chi connectivity index (χ1) is 22.0. The van der Waals surface area contributed by atoms with Gasteiger partial charge in [-0.05, 0) is 60.7 Å². The summed E-state index contributed by atoms with van der Waals surface area (Å²) in [6.45, 7) is 2.08. The molecule has 0 radical (unpaired) electrons. The van der Waals surface area contributed by atoms with E-state index in [1.807, 2.05) is 84.6 Å². The van der Waals surface area contributed by atoms with Gasteiger partial charge in [-0.2, -0.15) is 17.5 Å². The summed E-state index contributed by atoms with van der Waals surface area (Å²) in [6.07, 6.45) is 2.70. The minimum Gasteiger partial charge on any atom is -0.497 e. The molecule has 0 amide bonds. The highest BCUT2D eigenvalue weighted by molar-refractivity contribution is 7.89. The number of alkyl halides is 3. The van der Waals surface area contributed by atoms with Crippen LogP contribution in [0.4, 0.5) is 18.9 Å². The lowest BCUT2D eigenvalue weighted by Crippen LogP contribution is -2.47. The van der Waals surface area contributed by atoms with Crippen molar-refractivity contribution >= 4 is 26.7 Å². The van der Waals surface area contributed by atoms with Crippen molar-refractivity contribution in [2.75, 3.05) is 18.6 Å². The second-order valence-electron chi connectivity index (χ2n) is 11.4. The Labute approximate surface area is 266 Å². The molecule has 240 valence electrons. The number of ether oxygens (including phenoxy) is 1. The normalized spacial score (nSPS) is 15.9. The largest absolute Gasteiger partial charge is 0.511 e. The van der Waals surface area contributed by atoms with Gasteiger partial charge in [0.1, 0.15) is 17.1 Å². The quantitative estimate of drug-likeness (QED) is 0.182. The van der Waals surface area contributed by atoms with E-state index in [-0.39, 0.29) is 19.6 Å². The lowest BCUT2D eigenvalue weighted by atomic mass is 10.0. The number of methoxy groups -OCH3 is 1. The molecule has 0 bridgehead atoms. The van der Waals surface area contributed by atoms with Gasteiger partial charge < -0.3 is 14.2 Å². The fourth-order valence-electron chi connectivity index (χ4n) is 6.04. The van der Waals surface area contributed by atoms with Crippen molar-refractivity contribution < 1.29 is 26.3 Å². The van der Waals surface area contributed by atoms with Crippen LogP contribution in [0.3, 0.4) is 0 Å². The Balaban J connectivity index is 1.38. The number of pyridine rings is 1. The van der Waals surface area contributed by atoms with E-state index in [1.165, 1.54) is 0 Å². The number of aromatic nitrogens is 3. The predicted molar refractivity (Wildman–Crippen MR) is 171 cm³/mol. The molecule has 0 fully saturated rings. The first-order valence-electron chi connectivity index (χ1n) is 14.9. The van der Waals surface area contributed by atoms with Crippen LogP contribution in [0.1, 0.15) is 34.6 Å². The Morgan fingerprint density at radius 1 is 0.935 bits per heavy atom. The first-order valence-corrected chi connectivity index (χ1v) is 16.4. The maximum absolute atomic E-state index is 13.9. The molecule has 5 aromatic rings. The van der Waals surface area contributed by atoms with Gasteiger partial charge in [-0.3, -0.25) is 4.98 Å². The van der Waals surface area contributed by atoms with Crippen molar-refractivity contribution in [1.82, 2.24) is 18.8 Å².